The first-order valence-electron chi connectivity index (χ1n) is 14.4. The van der Waals surface area contributed by atoms with Crippen LogP contribution in [0.2, 0.25) is 10.0 Å². The predicted octanol–water partition coefficient (Wildman–Crippen LogP) is 11.0. The molecule has 0 aliphatic heterocycles. The lowest BCUT2D eigenvalue weighted by molar-refractivity contribution is 0.590. The van der Waals surface area contributed by atoms with Crippen molar-refractivity contribution in [2.45, 2.75) is 37.5 Å². The van der Waals surface area contributed by atoms with E-state index in [2.05, 4.69) is 9.97 Å². The van der Waals surface area contributed by atoms with E-state index in [1.807, 2.05) is 38.3 Å². The molecule has 48 heavy (non-hydrogen) atoms. The fourth-order valence-corrected chi connectivity index (χ4v) is 7.41. The molecule has 2 heterocycles. The Morgan fingerprint density at radius 1 is 0.646 bits per heavy atom. The van der Waals surface area contributed by atoms with Crippen LogP contribution in [0.3, 0.4) is 0 Å². The molecule has 0 saturated heterocycles. The van der Waals surface area contributed by atoms with Gasteiger partial charge in [-0.05, 0) is 69.3 Å². The van der Waals surface area contributed by atoms with Crippen LogP contribution < -0.4 is 0 Å². The van der Waals surface area contributed by atoms with Gasteiger partial charge in [-0.25, -0.2) is 35.9 Å². The first kappa shape index (κ1) is 35.6. The van der Waals surface area contributed by atoms with Crippen molar-refractivity contribution in [3.8, 4) is 22.5 Å². The highest BCUT2D eigenvalue weighted by atomic mass is 35.5. The molecule has 4 nitrogen and oxygen atoms in total. The molecular formula is C36H28Cl2F4N2O2S2. The number of thioether (sulfide) groups is 1. The molecule has 0 fully saturated rings. The van der Waals surface area contributed by atoms with Crippen molar-refractivity contribution in [1.82, 2.24) is 9.97 Å². The van der Waals surface area contributed by atoms with Gasteiger partial charge in [0.25, 0.3) is 0 Å². The molecule has 0 N–H and O–H groups in total. The molecule has 0 radical (unpaired) electrons. The van der Waals surface area contributed by atoms with E-state index in [4.69, 9.17) is 23.2 Å². The molecule has 248 valence electrons. The minimum Gasteiger partial charge on any atom is -0.247 e. The van der Waals surface area contributed by atoms with Gasteiger partial charge in [0.15, 0.2) is 9.84 Å². The van der Waals surface area contributed by atoms with Gasteiger partial charge in [-0.15, -0.1) is 11.8 Å². The standard InChI is InChI=1S/C18H14ClF2NO2S.C18H14ClF2NS/c1-9-4-5-15(25(3,23)24)12(6-9)18-10(2)17(19)16-13(21)7-11(20)8-14(16)22-18;1-9-4-5-15(23-3)12(6-9)18-10(2)17(19)16-13(21)7-11(20)8-14(16)22-18/h4-8H,1-3H3;4-8H,1-3H3. The number of nitrogens with zero attached hydrogens (tertiary/aromatic N) is 2. The van der Waals surface area contributed by atoms with Gasteiger partial charge in [0.2, 0.25) is 0 Å². The summed E-state index contributed by atoms with van der Waals surface area (Å²) >= 11 is 14.3. The van der Waals surface area contributed by atoms with Crippen LogP contribution in [0.15, 0.2) is 70.5 Å². The summed E-state index contributed by atoms with van der Waals surface area (Å²) in [5, 5.41) is 0.528. The number of hydrogen-bond donors (Lipinski definition) is 0. The van der Waals surface area contributed by atoms with Crippen molar-refractivity contribution >= 4 is 66.6 Å². The van der Waals surface area contributed by atoms with Gasteiger partial charge >= 0.3 is 0 Å². The van der Waals surface area contributed by atoms with Crippen molar-refractivity contribution < 1.29 is 26.0 Å². The van der Waals surface area contributed by atoms with E-state index in [0.717, 1.165) is 46.0 Å². The lowest BCUT2D eigenvalue weighted by Crippen LogP contribution is -2.03. The summed E-state index contributed by atoms with van der Waals surface area (Å²) in [6, 6.07) is 14.7. The molecule has 0 amide bonds. The van der Waals surface area contributed by atoms with Gasteiger partial charge in [-0.3, -0.25) is 0 Å². The Labute approximate surface area is 290 Å². The zero-order valence-electron chi connectivity index (χ0n) is 26.6. The Morgan fingerprint density at radius 2 is 1.08 bits per heavy atom. The average Bonchev–Trinajstić information content (AvgIpc) is 2.99. The van der Waals surface area contributed by atoms with Crippen LogP contribution in [0.5, 0.6) is 0 Å². The van der Waals surface area contributed by atoms with Gasteiger partial charge in [0, 0.05) is 46.5 Å². The third-order valence-corrected chi connectivity index (χ3v) is 10.6. The smallest absolute Gasteiger partial charge is 0.176 e. The van der Waals surface area contributed by atoms with Gasteiger partial charge in [-0.2, -0.15) is 0 Å². The van der Waals surface area contributed by atoms with Gasteiger partial charge in [-0.1, -0.05) is 46.5 Å². The molecule has 0 atom stereocenters. The Balaban J connectivity index is 0.000000188. The quantitative estimate of drug-likeness (QED) is 0.133. The van der Waals surface area contributed by atoms with Crippen LogP contribution in [0.4, 0.5) is 17.6 Å². The Hall–Kier alpha value is -3.70. The maximum absolute atomic E-state index is 14.1. The second-order valence-electron chi connectivity index (χ2n) is 11.3. The third-order valence-electron chi connectivity index (χ3n) is 7.74. The van der Waals surface area contributed by atoms with Gasteiger partial charge < -0.3 is 0 Å². The highest BCUT2D eigenvalue weighted by Crippen LogP contribution is 2.39. The zero-order valence-corrected chi connectivity index (χ0v) is 29.7. The lowest BCUT2D eigenvalue weighted by Gasteiger charge is -2.14. The largest absolute Gasteiger partial charge is 0.247 e. The van der Waals surface area contributed by atoms with Gasteiger partial charge in [0.1, 0.15) is 23.3 Å². The molecule has 12 heteroatoms. The second-order valence-corrected chi connectivity index (χ2v) is 14.9. The van der Waals surface area contributed by atoms with Crippen molar-refractivity contribution in [2.75, 3.05) is 12.5 Å². The topological polar surface area (TPSA) is 59.9 Å². The van der Waals surface area contributed by atoms with Crippen LogP contribution in [-0.4, -0.2) is 30.9 Å². The van der Waals surface area contributed by atoms with E-state index >= 15 is 0 Å². The average molecular weight is 732 g/mol. The monoisotopic (exact) mass is 730 g/mol. The van der Waals surface area contributed by atoms with Crippen LogP contribution in [0, 0.1) is 51.0 Å². The SMILES string of the molecule is CSc1ccc(C)cc1-c1nc2cc(F)cc(F)c2c(Cl)c1C.Cc1ccc(S(C)(=O)=O)c(-c2nc3cc(F)cc(F)c3c(Cl)c2C)c1. The zero-order chi connectivity index (χ0) is 35.2. The second kappa shape index (κ2) is 13.7. The number of halogens is 6. The first-order chi connectivity index (χ1) is 22.5. The molecule has 0 spiro atoms. The number of hydrogen-bond acceptors (Lipinski definition) is 5. The third kappa shape index (κ3) is 6.89. The van der Waals surface area contributed by atoms with Crippen molar-refractivity contribution in [3.05, 3.63) is 116 Å². The lowest BCUT2D eigenvalue weighted by atomic mass is 10.0. The maximum atomic E-state index is 14.1. The first-order valence-corrected chi connectivity index (χ1v) is 18.2. The summed E-state index contributed by atoms with van der Waals surface area (Å²) in [5.74, 6) is -2.95. The highest BCUT2D eigenvalue weighted by molar-refractivity contribution is 7.98. The van der Waals surface area contributed by atoms with Crippen molar-refractivity contribution in [2.24, 2.45) is 0 Å². The summed E-state index contributed by atoms with van der Waals surface area (Å²) < 4.78 is 79.5. The molecule has 0 saturated carbocycles. The minimum absolute atomic E-state index is 0.0119. The van der Waals surface area contributed by atoms with Crippen LogP contribution in [-0.2, 0) is 9.84 Å². The Kier molecular flexibility index (Phi) is 10.1. The Morgan fingerprint density at radius 3 is 1.54 bits per heavy atom. The van der Waals surface area contributed by atoms with Crippen LogP contribution in [0.25, 0.3) is 44.3 Å². The van der Waals surface area contributed by atoms with E-state index in [-0.39, 0.29) is 42.4 Å². The number of rotatable bonds is 4. The van der Waals surface area contributed by atoms with E-state index in [9.17, 15) is 26.0 Å². The van der Waals surface area contributed by atoms with Gasteiger partial charge in [0.05, 0.1) is 48.1 Å². The Bertz CT molecular complexity index is 2390. The summed E-state index contributed by atoms with van der Waals surface area (Å²) in [6.07, 6.45) is 3.07. The van der Waals surface area contributed by atoms with Crippen molar-refractivity contribution in [1.29, 1.82) is 0 Å². The highest BCUT2D eigenvalue weighted by Gasteiger charge is 2.22. The molecule has 6 rings (SSSR count). The van der Waals surface area contributed by atoms with E-state index < -0.39 is 33.1 Å². The number of sulfone groups is 1. The molecule has 0 unspecified atom stereocenters. The summed E-state index contributed by atoms with van der Waals surface area (Å²) in [6.45, 7) is 7.23. The summed E-state index contributed by atoms with van der Waals surface area (Å²) in [4.78, 5) is 9.94. The molecular weight excluding hydrogens is 703 g/mol. The van der Waals surface area contributed by atoms with E-state index in [1.54, 1.807) is 37.7 Å². The number of benzene rings is 4. The molecule has 0 aliphatic carbocycles. The molecule has 6 aromatic rings. The van der Waals surface area contributed by atoms with E-state index in [1.165, 1.54) is 12.1 Å². The number of aromatic nitrogens is 2. The van der Waals surface area contributed by atoms with E-state index in [0.29, 0.717) is 22.4 Å². The number of pyridine rings is 2. The molecule has 0 bridgehead atoms. The number of fused-ring (bicyclic) bond motifs is 2. The minimum atomic E-state index is -3.53. The summed E-state index contributed by atoms with van der Waals surface area (Å²) in [5.41, 5.74) is 5.49. The molecule has 0 aliphatic rings. The maximum Gasteiger partial charge on any atom is 0.176 e. The number of aryl methyl sites for hydroxylation is 2. The molecule has 4 aromatic carbocycles. The van der Waals surface area contributed by atoms with Crippen LogP contribution >= 0.6 is 35.0 Å². The fourth-order valence-electron chi connectivity index (χ4n) is 5.41. The fraction of sp³-hybridized carbons (Fsp3) is 0.167. The normalized spacial score (nSPS) is 11.6. The molecule has 2 aromatic heterocycles. The predicted molar refractivity (Wildman–Crippen MR) is 188 cm³/mol. The van der Waals surface area contributed by atoms with Crippen LogP contribution in [0.1, 0.15) is 22.3 Å². The summed E-state index contributed by atoms with van der Waals surface area (Å²) in [7, 11) is -3.53. The van der Waals surface area contributed by atoms with Crippen molar-refractivity contribution in [3.63, 3.8) is 0 Å².